The van der Waals surface area contributed by atoms with Crippen LogP contribution in [0.25, 0.3) is 0 Å². The molecule has 0 aliphatic carbocycles. The second-order valence-corrected chi connectivity index (χ2v) is 5.07. The molecule has 1 amide bonds. The van der Waals surface area contributed by atoms with Crippen LogP contribution >= 0.6 is 0 Å². The molecule has 0 saturated carbocycles. The summed E-state index contributed by atoms with van der Waals surface area (Å²) in [4.78, 5) is 23.9. The molecule has 1 atom stereocenters. The lowest BCUT2D eigenvalue weighted by atomic mass is 10.2. The summed E-state index contributed by atoms with van der Waals surface area (Å²) in [6, 6.07) is -0.0239. The lowest BCUT2D eigenvalue weighted by Gasteiger charge is -2.30. The van der Waals surface area contributed by atoms with Crippen LogP contribution in [0, 0.1) is 0 Å². The number of nitrogens with zero attached hydrogens (tertiary/aromatic N) is 1. The van der Waals surface area contributed by atoms with Gasteiger partial charge in [-0.1, -0.05) is 6.92 Å². The fraction of sp³-hybridized carbons (Fsp3) is 0.833. The maximum Gasteiger partial charge on any atom is 0.410 e. The molecular formula is C12H23NO4. The number of rotatable bonds is 5. The zero-order valence-electron chi connectivity index (χ0n) is 11.3. The summed E-state index contributed by atoms with van der Waals surface area (Å²) in [7, 11) is 0. The average molecular weight is 245 g/mol. The van der Waals surface area contributed by atoms with Crippen molar-refractivity contribution in [1.29, 1.82) is 0 Å². The highest BCUT2D eigenvalue weighted by Crippen LogP contribution is 2.13. The van der Waals surface area contributed by atoms with Gasteiger partial charge < -0.3 is 14.7 Å². The van der Waals surface area contributed by atoms with Crippen molar-refractivity contribution < 1.29 is 19.4 Å². The van der Waals surface area contributed by atoms with E-state index in [1.54, 1.807) is 20.8 Å². The van der Waals surface area contributed by atoms with E-state index in [-0.39, 0.29) is 19.0 Å². The molecule has 0 aliphatic heterocycles. The number of ether oxygens (including phenoxy) is 1. The molecule has 0 rings (SSSR count). The van der Waals surface area contributed by atoms with E-state index in [1.807, 2.05) is 13.8 Å². The number of carbonyl (C=O) groups is 2. The Morgan fingerprint density at radius 2 is 1.88 bits per heavy atom. The molecule has 0 radical (unpaired) electrons. The number of hydrogen-bond donors (Lipinski definition) is 1. The fourth-order valence-electron chi connectivity index (χ4n) is 1.25. The fourth-order valence-corrected chi connectivity index (χ4v) is 1.25. The maximum atomic E-state index is 11.9. The second kappa shape index (κ2) is 6.47. The van der Waals surface area contributed by atoms with Crippen molar-refractivity contribution in [2.75, 3.05) is 6.54 Å². The third-order valence-electron chi connectivity index (χ3n) is 2.32. The number of carbonyl (C=O) groups excluding carboxylic acids is 1. The van der Waals surface area contributed by atoms with E-state index in [4.69, 9.17) is 9.84 Å². The van der Waals surface area contributed by atoms with Crippen LogP contribution in [0.2, 0.25) is 0 Å². The van der Waals surface area contributed by atoms with E-state index in [0.29, 0.717) is 0 Å². The van der Waals surface area contributed by atoms with E-state index < -0.39 is 17.7 Å². The Balaban J connectivity index is 4.56. The van der Waals surface area contributed by atoms with Crippen LogP contribution in [0.3, 0.4) is 0 Å². The molecule has 17 heavy (non-hydrogen) atoms. The Morgan fingerprint density at radius 3 is 2.24 bits per heavy atom. The molecule has 0 spiro atoms. The van der Waals surface area contributed by atoms with Crippen LogP contribution < -0.4 is 0 Å². The molecule has 0 aromatic carbocycles. The summed E-state index contributed by atoms with van der Waals surface area (Å²) < 4.78 is 5.25. The van der Waals surface area contributed by atoms with E-state index in [1.165, 1.54) is 4.90 Å². The van der Waals surface area contributed by atoms with Gasteiger partial charge in [0.2, 0.25) is 0 Å². The number of amides is 1. The topological polar surface area (TPSA) is 66.8 Å². The molecule has 0 unspecified atom stereocenters. The van der Waals surface area contributed by atoms with E-state index in [0.717, 1.165) is 6.42 Å². The minimum Gasteiger partial charge on any atom is -0.481 e. The molecule has 0 bridgehead atoms. The van der Waals surface area contributed by atoms with Crippen molar-refractivity contribution >= 4 is 12.1 Å². The van der Waals surface area contributed by atoms with E-state index >= 15 is 0 Å². The van der Waals surface area contributed by atoms with Gasteiger partial charge >= 0.3 is 12.1 Å². The molecule has 0 saturated heterocycles. The Labute approximate surface area is 103 Å². The molecule has 0 aromatic heterocycles. The average Bonchev–Trinajstić information content (AvgIpc) is 2.14. The molecule has 5 heteroatoms. The monoisotopic (exact) mass is 245 g/mol. The highest BCUT2D eigenvalue weighted by molar-refractivity contribution is 5.71. The van der Waals surface area contributed by atoms with Crippen molar-refractivity contribution in [3.05, 3.63) is 0 Å². The van der Waals surface area contributed by atoms with E-state index in [9.17, 15) is 9.59 Å². The first-order chi connectivity index (χ1) is 7.67. The van der Waals surface area contributed by atoms with Gasteiger partial charge in [-0.25, -0.2) is 4.79 Å². The molecular weight excluding hydrogens is 222 g/mol. The van der Waals surface area contributed by atoms with Gasteiger partial charge in [0.05, 0.1) is 6.42 Å². The first-order valence-electron chi connectivity index (χ1n) is 5.88. The molecule has 5 nitrogen and oxygen atoms in total. The highest BCUT2D eigenvalue weighted by atomic mass is 16.6. The molecule has 100 valence electrons. The Kier molecular flexibility index (Phi) is 5.99. The molecule has 0 fully saturated rings. The summed E-state index contributed by atoms with van der Waals surface area (Å²) in [5.41, 5.74) is -0.563. The van der Waals surface area contributed by atoms with Gasteiger partial charge in [-0.3, -0.25) is 4.79 Å². The first-order valence-corrected chi connectivity index (χ1v) is 5.88. The van der Waals surface area contributed by atoms with Crippen molar-refractivity contribution in [1.82, 2.24) is 4.90 Å². The van der Waals surface area contributed by atoms with Crippen LogP contribution in [-0.2, 0) is 9.53 Å². The quantitative estimate of drug-likeness (QED) is 0.808. The highest BCUT2D eigenvalue weighted by Gasteiger charge is 2.25. The van der Waals surface area contributed by atoms with Crippen LogP contribution in [0.15, 0.2) is 0 Å². The number of carboxylic acids is 1. The molecule has 0 heterocycles. The second-order valence-electron chi connectivity index (χ2n) is 5.07. The van der Waals surface area contributed by atoms with Gasteiger partial charge in [-0.15, -0.1) is 0 Å². The van der Waals surface area contributed by atoms with Crippen molar-refractivity contribution in [2.24, 2.45) is 0 Å². The third-order valence-corrected chi connectivity index (χ3v) is 2.32. The lowest BCUT2D eigenvalue weighted by Crippen LogP contribution is -2.43. The number of carboxylic acid groups (broad SMARTS) is 1. The van der Waals surface area contributed by atoms with Crippen molar-refractivity contribution in [3.8, 4) is 0 Å². The standard InChI is InChI=1S/C12H23NO4/c1-6-9(2)13(8-7-10(14)15)11(16)17-12(3,4)5/h9H,6-8H2,1-5H3,(H,14,15)/t9-/m1/s1. The Hall–Kier alpha value is -1.26. The van der Waals surface area contributed by atoms with Crippen molar-refractivity contribution in [3.63, 3.8) is 0 Å². The van der Waals surface area contributed by atoms with Gasteiger partial charge in [0, 0.05) is 12.6 Å². The molecule has 0 aliphatic rings. The number of aliphatic carboxylic acids is 1. The van der Waals surface area contributed by atoms with Gasteiger partial charge in [0.1, 0.15) is 5.60 Å². The Bertz CT molecular complexity index is 270. The predicted molar refractivity (Wildman–Crippen MR) is 64.9 cm³/mol. The summed E-state index contributed by atoms with van der Waals surface area (Å²) >= 11 is 0. The van der Waals surface area contributed by atoms with Crippen LogP contribution in [0.5, 0.6) is 0 Å². The minimum atomic E-state index is -0.915. The third kappa shape index (κ3) is 6.81. The zero-order chi connectivity index (χ0) is 13.6. The molecule has 0 aromatic rings. The summed E-state index contributed by atoms with van der Waals surface area (Å²) in [5.74, 6) is -0.915. The van der Waals surface area contributed by atoms with Gasteiger partial charge in [0.15, 0.2) is 0 Å². The van der Waals surface area contributed by atoms with Crippen LogP contribution in [-0.4, -0.2) is 40.3 Å². The largest absolute Gasteiger partial charge is 0.481 e. The zero-order valence-corrected chi connectivity index (χ0v) is 11.3. The summed E-state index contributed by atoms with van der Waals surface area (Å²) in [6.07, 6.45) is 0.246. The first kappa shape index (κ1) is 15.7. The molecule has 1 N–H and O–H groups in total. The lowest BCUT2D eigenvalue weighted by molar-refractivity contribution is -0.137. The van der Waals surface area contributed by atoms with E-state index in [2.05, 4.69) is 0 Å². The normalized spacial score (nSPS) is 13.0. The smallest absolute Gasteiger partial charge is 0.410 e. The van der Waals surface area contributed by atoms with Crippen LogP contribution in [0.4, 0.5) is 4.79 Å². The van der Waals surface area contributed by atoms with Gasteiger partial charge in [-0.2, -0.15) is 0 Å². The Morgan fingerprint density at radius 1 is 1.35 bits per heavy atom. The number of hydrogen-bond acceptors (Lipinski definition) is 3. The van der Waals surface area contributed by atoms with Crippen molar-refractivity contribution in [2.45, 2.75) is 59.1 Å². The van der Waals surface area contributed by atoms with Gasteiger partial charge in [-0.05, 0) is 34.1 Å². The minimum absolute atomic E-state index is 0.0239. The summed E-state index contributed by atoms with van der Waals surface area (Å²) in [5, 5.41) is 8.65. The SMILES string of the molecule is CC[C@@H](C)N(CCC(=O)O)C(=O)OC(C)(C)C. The van der Waals surface area contributed by atoms with Crippen LogP contribution in [0.1, 0.15) is 47.5 Å². The maximum absolute atomic E-state index is 11.9. The van der Waals surface area contributed by atoms with Gasteiger partial charge in [0.25, 0.3) is 0 Å². The predicted octanol–water partition coefficient (Wildman–Crippen LogP) is 2.50. The summed E-state index contributed by atoms with van der Waals surface area (Å²) in [6.45, 7) is 9.37.